The SMILES string of the molecule is O=C(COC(=O)C1CCCC1)Nc1ccc(F)c(F)c1. The Morgan fingerprint density at radius 2 is 1.90 bits per heavy atom. The molecular formula is C14H15F2NO3. The Kier molecular flexibility index (Phi) is 4.65. The Labute approximate surface area is 115 Å². The molecule has 1 aliphatic rings. The van der Waals surface area contributed by atoms with Gasteiger partial charge in [-0.15, -0.1) is 0 Å². The number of halogens is 2. The van der Waals surface area contributed by atoms with Crippen molar-refractivity contribution < 1.29 is 23.1 Å². The second-order valence-corrected chi connectivity index (χ2v) is 4.77. The van der Waals surface area contributed by atoms with Crippen molar-refractivity contribution in [3.63, 3.8) is 0 Å². The predicted octanol–water partition coefficient (Wildman–Crippen LogP) is 2.64. The Morgan fingerprint density at radius 1 is 1.20 bits per heavy atom. The molecule has 0 radical (unpaired) electrons. The highest BCUT2D eigenvalue weighted by Crippen LogP contribution is 2.25. The predicted molar refractivity (Wildman–Crippen MR) is 67.9 cm³/mol. The molecule has 1 N–H and O–H groups in total. The van der Waals surface area contributed by atoms with E-state index in [4.69, 9.17) is 4.74 Å². The highest BCUT2D eigenvalue weighted by Gasteiger charge is 2.24. The number of hydrogen-bond acceptors (Lipinski definition) is 3. The first-order valence-corrected chi connectivity index (χ1v) is 6.48. The Balaban J connectivity index is 1.80. The van der Waals surface area contributed by atoms with Gasteiger partial charge in [-0.3, -0.25) is 9.59 Å². The van der Waals surface area contributed by atoms with Gasteiger partial charge in [0.05, 0.1) is 5.92 Å². The van der Waals surface area contributed by atoms with Gasteiger partial charge in [-0.05, 0) is 25.0 Å². The highest BCUT2D eigenvalue weighted by atomic mass is 19.2. The van der Waals surface area contributed by atoms with Gasteiger partial charge in [-0.25, -0.2) is 8.78 Å². The molecular weight excluding hydrogens is 268 g/mol. The lowest BCUT2D eigenvalue weighted by atomic mass is 10.1. The summed E-state index contributed by atoms with van der Waals surface area (Å²) in [6.07, 6.45) is 3.59. The third kappa shape index (κ3) is 3.76. The summed E-state index contributed by atoms with van der Waals surface area (Å²) in [6, 6.07) is 3.01. The van der Waals surface area contributed by atoms with E-state index < -0.39 is 24.1 Å². The van der Waals surface area contributed by atoms with Gasteiger partial charge in [0.25, 0.3) is 5.91 Å². The fourth-order valence-corrected chi connectivity index (χ4v) is 2.19. The van der Waals surface area contributed by atoms with Gasteiger partial charge in [-0.1, -0.05) is 12.8 Å². The first kappa shape index (κ1) is 14.4. The normalized spacial score (nSPS) is 15.1. The first-order valence-electron chi connectivity index (χ1n) is 6.48. The highest BCUT2D eigenvalue weighted by molar-refractivity contribution is 5.92. The van der Waals surface area contributed by atoms with Crippen molar-refractivity contribution in [3.05, 3.63) is 29.8 Å². The molecule has 20 heavy (non-hydrogen) atoms. The van der Waals surface area contributed by atoms with Crippen LogP contribution in [0.5, 0.6) is 0 Å². The molecule has 1 aliphatic carbocycles. The van der Waals surface area contributed by atoms with E-state index in [1.54, 1.807) is 0 Å². The Hall–Kier alpha value is -1.98. The van der Waals surface area contributed by atoms with Crippen molar-refractivity contribution in [2.45, 2.75) is 25.7 Å². The molecule has 0 aliphatic heterocycles. The average Bonchev–Trinajstić information content (AvgIpc) is 2.94. The second-order valence-electron chi connectivity index (χ2n) is 4.77. The van der Waals surface area contributed by atoms with Crippen molar-refractivity contribution in [1.29, 1.82) is 0 Å². The molecule has 4 nitrogen and oxygen atoms in total. The van der Waals surface area contributed by atoms with Crippen molar-refractivity contribution in [2.24, 2.45) is 5.92 Å². The topological polar surface area (TPSA) is 55.4 Å². The maximum Gasteiger partial charge on any atom is 0.309 e. The lowest BCUT2D eigenvalue weighted by molar-refractivity contribution is -0.151. The van der Waals surface area contributed by atoms with Crippen LogP contribution >= 0.6 is 0 Å². The number of amides is 1. The third-order valence-electron chi connectivity index (χ3n) is 3.24. The summed E-state index contributed by atoms with van der Waals surface area (Å²) in [4.78, 5) is 23.1. The maximum atomic E-state index is 12.9. The van der Waals surface area contributed by atoms with Crippen molar-refractivity contribution >= 4 is 17.6 Å². The standard InChI is InChI=1S/C14H15F2NO3/c15-11-6-5-10(7-12(11)16)17-13(18)8-20-14(19)9-3-1-2-4-9/h5-7,9H,1-4,8H2,(H,17,18). The maximum absolute atomic E-state index is 12.9. The van der Waals surface area contributed by atoms with E-state index >= 15 is 0 Å². The summed E-state index contributed by atoms with van der Waals surface area (Å²) >= 11 is 0. The minimum atomic E-state index is -1.05. The van der Waals surface area contributed by atoms with Crippen LogP contribution in [0.3, 0.4) is 0 Å². The molecule has 0 saturated heterocycles. The van der Waals surface area contributed by atoms with Gasteiger partial charge in [0.15, 0.2) is 18.2 Å². The van der Waals surface area contributed by atoms with Crippen LogP contribution in [0.15, 0.2) is 18.2 Å². The molecule has 0 unspecified atom stereocenters. The van der Waals surface area contributed by atoms with Crippen LogP contribution < -0.4 is 5.32 Å². The van der Waals surface area contributed by atoms with Crippen LogP contribution in [-0.4, -0.2) is 18.5 Å². The lowest BCUT2D eigenvalue weighted by Crippen LogP contribution is -2.23. The van der Waals surface area contributed by atoms with Crippen LogP contribution in [0, 0.1) is 17.6 Å². The van der Waals surface area contributed by atoms with Gasteiger partial charge >= 0.3 is 5.97 Å². The quantitative estimate of drug-likeness (QED) is 0.864. The third-order valence-corrected chi connectivity index (χ3v) is 3.24. The molecule has 0 atom stereocenters. The van der Waals surface area contributed by atoms with Gasteiger partial charge < -0.3 is 10.1 Å². The number of ether oxygens (including phenoxy) is 1. The van der Waals surface area contributed by atoms with Gasteiger partial charge in [-0.2, -0.15) is 0 Å². The fraction of sp³-hybridized carbons (Fsp3) is 0.429. The molecule has 0 spiro atoms. The van der Waals surface area contributed by atoms with Crippen LogP contribution in [0.25, 0.3) is 0 Å². The average molecular weight is 283 g/mol. The zero-order valence-electron chi connectivity index (χ0n) is 10.8. The molecule has 108 valence electrons. The molecule has 1 saturated carbocycles. The molecule has 1 fully saturated rings. The van der Waals surface area contributed by atoms with Crippen LogP contribution in [0.1, 0.15) is 25.7 Å². The Morgan fingerprint density at radius 3 is 2.55 bits per heavy atom. The largest absolute Gasteiger partial charge is 0.455 e. The van der Waals surface area contributed by atoms with Crippen LogP contribution in [0.4, 0.5) is 14.5 Å². The van der Waals surface area contributed by atoms with E-state index in [2.05, 4.69) is 5.32 Å². The molecule has 0 heterocycles. The minimum absolute atomic E-state index is 0.116. The van der Waals surface area contributed by atoms with Gasteiger partial charge in [0.2, 0.25) is 0 Å². The number of carbonyl (C=O) groups excluding carboxylic acids is 2. The van der Waals surface area contributed by atoms with Gasteiger partial charge in [0, 0.05) is 11.8 Å². The molecule has 1 amide bonds. The lowest BCUT2D eigenvalue weighted by Gasteiger charge is -2.10. The van der Waals surface area contributed by atoms with E-state index in [-0.39, 0.29) is 17.6 Å². The number of anilines is 1. The van der Waals surface area contributed by atoms with Crippen molar-refractivity contribution in [1.82, 2.24) is 0 Å². The van der Waals surface area contributed by atoms with E-state index in [9.17, 15) is 18.4 Å². The molecule has 1 aromatic carbocycles. The molecule has 2 rings (SSSR count). The van der Waals surface area contributed by atoms with E-state index in [0.717, 1.165) is 37.8 Å². The minimum Gasteiger partial charge on any atom is -0.455 e. The molecule has 1 aromatic rings. The summed E-state index contributed by atoms with van der Waals surface area (Å²) in [6.45, 7) is -0.422. The zero-order valence-corrected chi connectivity index (χ0v) is 10.8. The van der Waals surface area contributed by atoms with Crippen LogP contribution in [-0.2, 0) is 14.3 Å². The Bertz CT molecular complexity index is 513. The number of esters is 1. The van der Waals surface area contributed by atoms with Gasteiger partial charge in [0.1, 0.15) is 0 Å². The monoisotopic (exact) mass is 283 g/mol. The number of hydrogen-bond donors (Lipinski definition) is 1. The van der Waals surface area contributed by atoms with E-state index in [0.29, 0.717) is 0 Å². The van der Waals surface area contributed by atoms with Crippen molar-refractivity contribution in [3.8, 4) is 0 Å². The second kappa shape index (κ2) is 6.45. The summed E-state index contributed by atoms with van der Waals surface area (Å²) in [5.41, 5.74) is 0.116. The molecule has 0 aromatic heterocycles. The number of nitrogens with one attached hydrogen (secondary N) is 1. The molecule has 0 bridgehead atoms. The summed E-state index contributed by atoms with van der Waals surface area (Å²) in [7, 11) is 0. The number of benzene rings is 1. The van der Waals surface area contributed by atoms with E-state index in [1.165, 1.54) is 6.07 Å². The smallest absolute Gasteiger partial charge is 0.309 e. The summed E-state index contributed by atoms with van der Waals surface area (Å²) < 4.78 is 30.5. The molecule has 6 heteroatoms. The van der Waals surface area contributed by atoms with Crippen LogP contribution in [0.2, 0.25) is 0 Å². The summed E-state index contributed by atoms with van der Waals surface area (Å²) in [5.74, 6) is -3.11. The zero-order chi connectivity index (χ0) is 14.5. The van der Waals surface area contributed by atoms with E-state index in [1.807, 2.05) is 0 Å². The summed E-state index contributed by atoms with van der Waals surface area (Å²) in [5, 5.41) is 2.33. The van der Waals surface area contributed by atoms with Crippen molar-refractivity contribution in [2.75, 3.05) is 11.9 Å². The first-order chi connectivity index (χ1) is 9.56. The number of carbonyl (C=O) groups is 2. The number of rotatable bonds is 4. The fourth-order valence-electron chi connectivity index (χ4n) is 2.19.